The summed E-state index contributed by atoms with van der Waals surface area (Å²) < 4.78 is 20.7. The van der Waals surface area contributed by atoms with E-state index in [0.717, 1.165) is 37.1 Å². The standard InChI is InChI=1S/C30H41FN4O4/c1-4-30(31,5-2)20-35-14-12-21(13-15-35)19-39-26-11-10-24(17-32-26)22-6-8-23(9-7-22)27(37)34-28(38)29(3)16-25(36)18-33-29/h6-11,17,21,25,33,36H,4-5,12-16,18-20H2,1-3H3,(H,34,37,38)/t25-,29+/m1/s1. The summed E-state index contributed by atoms with van der Waals surface area (Å²) in [6, 6.07) is 10.7. The quantitative estimate of drug-likeness (QED) is 0.395. The molecule has 39 heavy (non-hydrogen) atoms. The SMILES string of the molecule is CCC(F)(CC)CN1CCC(COc2ccc(-c3ccc(C(=O)NC(=O)[C@]4(C)C[C@@H](O)CN4)cc3)cn2)CC1. The second kappa shape index (κ2) is 12.5. The lowest BCUT2D eigenvalue weighted by molar-refractivity contribution is -0.125. The molecule has 0 unspecified atom stereocenters. The predicted molar refractivity (Wildman–Crippen MR) is 148 cm³/mol. The number of hydrogen-bond donors (Lipinski definition) is 3. The highest BCUT2D eigenvalue weighted by Crippen LogP contribution is 2.26. The van der Waals surface area contributed by atoms with Crippen LogP contribution in [0.15, 0.2) is 42.6 Å². The number of benzene rings is 1. The molecule has 4 rings (SSSR count). The van der Waals surface area contributed by atoms with Gasteiger partial charge in [0.1, 0.15) is 5.67 Å². The van der Waals surface area contributed by atoms with E-state index in [-0.39, 0.29) is 6.42 Å². The molecule has 0 aliphatic carbocycles. The summed E-state index contributed by atoms with van der Waals surface area (Å²) in [5, 5.41) is 15.1. The average molecular weight is 541 g/mol. The molecule has 8 nitrogen and oxygen atoms in total. The van der Waals surface area contributed by atoms with Crippen LogP contribution in [-0.2, 0) is 4.79 Å². The van der Waals surface area contributed by atoms with E-state index in [4.69, 9.17) is 4.74 Å². The third kappa shape index (κ3) is 7.41. The maximum atomic E-state index is 14.7. The minimum Gasteiger partial charge on any atom is -0.477 e. The summed E-state index contributed by atoms with van der Waals surface area (Å²) in [5.74, 6) is 0.0638. The molecule has 2 amide bonds. The highest BCUT2D eigenvalue weighted by atomic mass is 19.1. The lowest BCUT2D eigenvalue weighted by Crippen LogP contribution is -2.52. The topological polar surface area (TPSA) is 104 Å². The Bertz CT molecular complexity index is 1110. The van der Waals surface area contributed by atoms with Crippen LogP contribution in [0.4, 0.5) is 4.39 Å². The number of carbonyl (C=O) groups is 2. The van der Waals surface area contributed by atoms with E-state index in [1.54, 1.807) is 25.3 Å². The van der Waals surface area contributed by atoms with Crippen molar-refractivity contribution in [1.82, 2.24) is 20.5 Å². The zero-order chi connectivity index (χ0) is 28.0. The van der Waals surface area contributed by atoms with Gasteiger partial charge in [-0.15, -0.1) is 0 Å². The Balaban J connectivity index is 1.24. The van der Waals surface area contributed by atoms with E-state index >= 15 is 0 Å². The summed E-state index contributed by atoms with van der Waals surface area (Å²) in [5.41, 5.74) is 0.0943. The molecule has 3 heterocycles. The van der Waals surface area contributed by atoms with Crippen molar-refractivity contribution in [2.45, 2.75) is 70.2 Å². The van der Waals surface area contributed by atoms with Crippen LogP contribution in [0.2, 0.25) is 0 Å². The van der Waals surface area contributed by atoms with Crippen molar-refractivity contribution >= 4 is 11.8 Å². The van der Waals surface area contributed by atoms with Crippen molar-refractivity contribution in [2.75, 3.05) is 32.8 Å². The van der Waals surface area contributed by atoms with Gasteiger partial charge in [0.05, 0.1) is 18.2 Å². The van der Waals surface area contributed by atoms with Gasteiger partial charge in [0.25, 0.3) is 5.91 Å². The second-order valence-corrected chi connectivity index (χ2v) is 11.2. The van der Waals surface area contributed by atoms with Crippen LogP contribution < -0.4 is 15.4 Å². The van der Waals surface area contributed by atoms with Crippen molar-refractivity contribution < 1.29 is 23.8 Å². The van der Waals surface area contributed by atoms with E-state index in [2.05, 4.69) is 20.5 Å². The van der Waals surface area contributed by atoms with E-state index in [0.29, 0.717) is 49.9 Å². The van der Waals surface area contributed by atoms with E-state index in [1.165, 1.54) is 0 Å². The number of β-amino-alcohol motifs (C(OH)–C–C–N with tert-alkyl or cyclic N) is 1. The lowest BCUT2D eigenvalue weighted by atomic mass is 9.94. The number of rotatable bonds is 10. The Morgan fingerprint density at radius 1 is 1.15 bits per heavy atom. The number of amides is 2. The Labute approximate surface area is 230 Å². The van der Waals surface area contributed by atoms with Crippen LogP contribution in [-0.4, -0.2) is 76.9 Å². The summed E-state index contributed by atoms with van der Waals surface area (Å²) in [6.07, 6.45) is 4.49. The number of aliphatic hydroxyl groups excluding tert-OH is 1. The fourth-order valence-electron chi connectivity index (χ4n) is 5.28. The highest BCUT2D eigenvalue weighted by Gasteiger charge is 2.41. The first-order valence-electron chi connectivity index (χ1n) is 14.0. The molecule has 2 aliphatic heterocycles. The van der Waals surface area contributed by atoms with Gasteiger partial charge in [-0.05, 0) is 75.4 Å². The third-order valence-electron chi connectivity index (χ3n) is 8.27. The van der Waals surface area contributed by atoms with E-state index < -0.39 is 29.1 Å². The lowest BCUT2D eigenvalue weighted by Gasteiger charge is -2.36. The molecule has 9 heteroatoms. The molecule has 2 saturated heterocycles. The second-order valence-electron chi connectivity index (χ2n) is 11.2. The molecule has 0 saturated carbocycles. The van der Waals surface area contributed by atoms with Gasteiger partial charge >= 0.3 is 0 Å². The van der Waals surface area contributed by atoms with Gasteiger partial charge in [0.2, 0.25) is 11.8 Å². The average Bonchev–Trinajstić information content (AvgIpc) is 3.32. The van der Waals surface area contributed by atoms with Gasteiger partial charge < -0.3 is 20.1 Å². The number of halogens is 1. The normalized spacial score (nSPS) is 22.5. The number of aliphatic hydroxyl groups is 1. The molecule has 2 atom stereocenters. The van der Waals surface area contributed by atoms with Gasteiger partial charge in [-0.1, -0.05) is 26.0 Å². The zero-order valence-corrected chi connectivity index (χ0v) is 23.2. The first kappa shape index (κ1) is 29.1. The van der Waals surface area contributed by atoms with Crippen LogP contribution in [0.25, 0.3) is 11.1 Å². The fraction of sp³-hybridized carbons (Fsp3) is 0.567. The number of aromatic nitrogens is 1. The van der Waals surface area contributed by atoms with E-state index in [1.807, 2.05) is 38.1 Å². The van der Waals surface area contributed by atoms with E-state index in [9.17, 15) is 19.1 Å². The number of pyridine rings is 1. The monoisotopic (exact) mass is 540 g/mol. The first-order chi connectivity index (χ1) is 18.6. The summed E-state index contributed by atoms with van der Waals surface area (Å²) in [7, 11) is 0. The molecule has 1 aromatic carbocycles. The number of alkyl halides is 1. The molecule has 1 aromatic heterocycles. The minimum absolute atomic E-state index is 0.260. The maximum absolute atomic E-state index is 14.7. The Morgan fingerprint density at radius 3 is 2.38 bits per heavy atom. The summed E-state index contributed by atoms with van der Waals surface area (Å²) in [6.45, 7) is 8.75. The summed E-state index contributed by atoms with van der Waals surface area (Å²) in [4.78, 5) is 31.8. The molecule has 0 bridgehead atoms. The molecule has 3 N–H and O–H groups in total. The molecule has 2 fully saturated rings. The number of likely N-dealkylation sites (tertiary alicyclic amines) is 1. The number of nitrogens with zero attached hydrogens (tertiary/aromatic N) is 2. The number of carbonyl (C=O) groups excluding carboxylic acids is 2. The molecule has 0 spiro atoms. The smallest absolute Gasteiger partial charge is 0.257 e. The molecular formula is C30H41FN4O4. The van der Waals surface area contributed by atoms with Crippen molar-refractivity contribution in [1.29, 1.82) is 0 Å². The number of hydrogen-bond acceptors (Lipinski definition) is 7. The van der Waals surface area contributed by atoms with Gasteiger partial charge in [-0.25, -0.2) is 9.37 Å². The largest absolute Gasteiger partial charge is 0.477 e. The first-order valence-corrected chi connectivity index (χ1v) is 14.0. The van der Waals surface area contributed by atoms with Crippen LogP contribution in [0, 0.1) is 5.92 Å². The Kier molecular flexibility index (Phi) is 9.35. The van der Waals surface area contributed by atoms with Gasteiger partial charge in [-0.3, -0.25) is 14.9 Å². The number of piperidine rings is 1. The highest BCUT2D eigenvalue weighted by molar-refractivity contribution is 6.07. The molecule has 2 aliphatic rings. The molecular weight excluding hydrogens is 499 g/mol. The van der Waals surface area contributed by atoms with Crippen LogP contribution in [0.3, 0.4) is 0 Å². The number of ether oxygens (including phenoxy) is 1. The van der Waals surface area contributed by atoms with Gasteiger partial charge in [0, 0.05) is 42.9 Å². The minimum atomic E-state index is -1.09. The van der Waals surface area contributed by atoms with Crippen LogP contribution >= 0.6 is 0 Å². The predicted octanol–water partition coefficient (Wildman–Crippen LogP) is 3.74. The van der Waals surface area contributed by atoms with Crippen molar-refractivity contribution in [2.24, 2.45) is 5.92 Å². The molecule has 212 valence electrons. The Hall–Kier alpha value is -2.88. The third-order valence-corrected chi connectivity index (χ3v) is 8.27. The number of nitrogens with one attached hydrogen (secondary N) is 2. The zero-order valence-electron chi connectivity index (χ0n) is 23.2. The van der Waals surface area contributed by atoms with Gasteiger partial charge in [-0.2, -0.15) is 0 Å². The number of imide groups is 1. The fourth-order valence-corrected chi connectivity index (χ4v) is 5.28. The van der Waals surface area contributed by atoms with Crippen LogP contribution in [0.1, 0.15) is 63.2 Å². The Morgan fingerprint density at radius 2 is 1.82 bits per heavy atom. The molecule has 0 radical (unpaired) electrons. The van der Waals surface area contributed by atoms with Crippen molar-refractivity contribution in [3.8, 4) is 17.0 Å². The van der Waals surface area contributed by atoms with Crippen LogP contribution in [0.5, 0.6) is 5.88 Å². The van der Waals surface area contributed by atoms with Crippen molar-refractivity contribution in [3.63, 3.8) is 0 Å². The van der Waals surface area contributed by atoms with Gasteiger partial charge in [0.15, 0.2) is 0 Å². The summed E-state index contributed by atoms with van der Waals surface area (Å²) >= 11 is 0. The maximum Gasteiger partial charge on any atom is 0.257 e. The van der Waals surface area contributed by atoms with Crippen molar-refractivity contribution in [3.05, 3.63) is 48.2 Å². The molecule has 2 aromatic rings.